The molecule has 0 unspecified atom stereocenters. The van der Waals surface area contributed by atoms with Crippen molar-refractivity contribution in [1.29, 1.82) is 0 Å². The van der Waals surface area contributed by atoms with E-state index in [4.69, 9.17) is 0 Å². The minimum Gasteiger partial charge on any atom is -0.364 e. The van der Waals surface area contributed by atoms with Crippen molar-refractivity contribution in [3.63, 3.8) is 0 Å². The molecule has 0 saturated heterocycles. The van der Waals surface area contributed by atoms with E-state index in [1.54, 1.807) is 0 Å². The van der Waals surface area contributed by atoms with Gasteiger partial charge in [-0.15, -0.1) is 0 Å². The van der Waals surface area contributed by atoms with E-state index in [-0.39, 0.29) is 5.92 Å². The fraction of sp³-hybridized carbons (Fsp3) is 0.263. The van der Waals surface area contributed by atoms with Crippen LogP contribution in [0.25, 0.3) is 0 Å². The zero-order chi connectivity index (χ0) is 15.0. The van der Waals surface area contributed by atoms with Crippen LogP contribution < -0.4 is 0 Å². The summed E-state index contributed by atoms with van der Waals surface area (Å²) < 4.78 is 0. The highest BCUT2D eigenvalue weighted by molar-refractivity contribution is 5.47. The van der Waals surface area contributed by atoms with E-state index in [1.165, 1.54) is 39.2 Å². The van der Waals surface area contributed by atoms with Crippen LogP contribution in [0.3, 0.4) is 0 Å². The Hall–Kier alpha value is -2.22. The molecule has 0 amide bonds. The van der Waals surface area contributed by atoms with Crippen molar-refractivity contribution in [3.05, 3.63) is 81.9 Å². The average Bonchev–Trinajstić information content (AvgIpc) is 2.99. The van der Waals surface area contributed by atoms with Crippen LogP contribution in [-0.4, -0.2) is 9.97 Å². The van der Waals surface area contributed by atoms with Crippen LogP contribution in [0.1, 0.15) is 45.1 Å². The van der Waals surface area contributed by atoms with E-state index in [1.807, 2.05) is 0 Å². The van der Waals surface area contributed by atoms with Crippen LogP contribution in [0.4, 0.5) is 0 Å². The molecule has 0 spiro atoms. The zero-order valence-electron chi connectivity index (χ0n) is 13.1. The number of hydrogen-bond acceptors (Lipinski definition) is 0. The Kier molecular flexibility index (Phi) is 3.46. The second kappa shape index (κ2) is 5.28. The number of H-pyrrole nitrogens is 2. The summed E-state index contributed by atoms with van der Waals surface area (Å²) in [5, 5.41) is 0. The van der Waals surface area contributed by atoms with Gasteiger partial charge in [-0.25, -0.2) is 0 Å². The first-order chi connectivity index (χ1) is 10.1. The van der Waals surface area contributed by atoms with Crippen molar-refractivity contribution >= 4 is 0 Å². The molecule has 2 aromatic heterocycles. The molecular weight excluding hydrogens is 256 g/mol. The number of hydrogen-bond donors (Lipinski definition) is 2. The second-order valence-electron chi connectivity index (χ2n) is 5.86. The molecule has 2 heterocycles. The maximum absolute atomic E-state index is 3.49. The molecular formula is C19H22N2. The maximum atomic E-state index is 3.49. The van der Waals surface area contributed by atoms with Gasteiger partial charge in [-0.2, -0.15) is 0 Å². The van der Waals surface area contributed by atoms with E-state index in [0.29, 0.717) is 0 Å². The van der Waals surface area contributed by atoms with Gasteiger partial charge in [0.1, 0.15) is 0 Å². The highest BCUT2D eigenvalue weighted by Crippen LogP contribution is 2.35. The first-order valence-electron chi connectivity index (χ1n) is 7.43. The third kappa shape index (κ3) is 2.31. The van der Waals surface area contributed by atoms with Gasteiger partial charge < -0.3 is 9.97 Å². The van der Waals surface area contributed by atoms with E-state index >= 15 is 0 Å². The van der Waals surface area contributed by atoms with Gasteiger partial charge in [-0.3, -0.25) is 0 Å². The summed E-state index contributed by atoms with van der Waals surface area (Å²) in [7, 11) is 0. The standard InChI is InChI=1S/C19H22N2/c1-12-10-20-18(14(12)3)17(16-8-6-5-7-9-16)19-15(4)13(2)11-21-19/h5-11,17,20-21H,1-4H3. The first kappa shape index (κ1) is 13.7. The largest absolute Gasteiger partial charge is 0.364 e. The molecule has 0 aliphatic rings. The topological polar surface area (TPSA) is 31.6 Å². The molecule has 0 atom stereocenters. The molecule has 2 heteroatoms. The second-order valence-corrected chi connectivity index (χ2v) is 5.86. The Bertz CT molecular complexity index is 701. The van der Waals surface area contributed by atoms with Crippen LogP contribution in [0.2, 0.25) is 0 Å². The summed E-state index contributed by atoms with van der Waals surface area (Å²) in [6.45, 7) is 8.71. The fourth-order valence-corrected chi connectivity index (χ4v) is 2.95. The lowest BCUT2D eigenvalue weighted by molar-refractivity contribution is 0.878. The lowest BCUT2D eigenvalue weighted by Crippen LogP contribution is -2.07. The summed E-state index contributed by atoms with van der Waals surface area (Å²) >= 11 is 0. The number of aromatic amines is 2. The zero-order valence-corrected chi connectivity index (χ0v) is 13.1. The maximum Gasteiger partial charge on any atom is 0.0646 e. The molecule has 21 heavy (non-hydrogen) atoms. The number of benzene rings is 1. The number of nitrogens with one attached hydrogen (secondary N) is 2. The van der Waals surface area contributed by atoms with Crippen LogP contribution in [0, 0.1) is 27.7 Å². The Labute approximate surface area is 126 Å². The van der Waals surface area contributed by atoms with Gasteiger partial charge in [0, 0.05) is 23.8 Å². The number of aryl methyl sites for hydroxylation is 2. The van der Waals surface area contributed by atoms with Crippen LogP contribution in [0.5, 0.6) is 0 Å². The fourth-order valence-electron chi connectivity index (χ4n) is 2.95. The third-order valence-electron chi connectivity index (χ3n) is 4.59. The van der Waals surface area contributed by atoms with Gasteiger partial charge in [0.2, 0.25) is 0 Å². The van der Waals surface area contributed by atoms with Gasteiger partial charge in [0.05, 0.1) is 5.92 Å². The van der Waals surface area contributed by atoms with Gasteiger partial charge in [-0.1, -0.05) is 30.3 Å². The summed E-state index contributed by atoms with van der Waals surface area (Å²) in [5.74, 6) is 0.230. The smallest absolute Gasteiger partial charge is 0.0646 e. The third-order valence-corrected chi connectivity index (χ3v) is 4.59. The van der Waals surface area contributed by atoms with E-state index in [0.717, 1.165) is 0 Å². The molecule has 1 aromatic carbocycles. The van der Waals surface area contributed by atoms with Crippen molar-refractivity contribution < 1.29 is 0 Å². The van der Waals surface area contributed by atoms with Crippen molar-refractivity contribution in [1.82, 2.24) is 9.97 Å². The normalized spacial score (nSPS) is 11.3. The molecule has 2 nitrogen and oxygen atoms in total. The lowest BCUT2D eigenvalue weighted by Gasteiger charge is -2.18. The Morgan fingerprint density at radius 1 is 0.714 bits per heavy atom. The minimum atomic E-state index is 0.230. The molecule has 0 fully saturated rings. The first-order valence-corrected chi connectivity index (χ1v) is 7.43. The van der Waals surface area contributed by atoms with Gasteiger partial charge in [0.25, 0.3) is 0 Å². The number of rotatable bonds is 3. The SMILES string of the molecule is Cc1c[nH]c(C(c2ccccc2)c2[nH]cc(C)c2C)c1C. The van der Waals surface area contributed by atoms with Gasteiger partial charge in [-0.05, 0) is 55.5 Å². The molecule has 2 N–H and O–H groups in total. The summed E-state index contributed by atoms with van der Waals surface area (Å²) in [6.07, 6.45) is 4.21. The monoisotopic (exact) mass is 278 g/mol. The van der Waals surface area contributed by atoms with Crippen LogP contribution in [-0.2, 0) is 0 Å². The molecule has 3 aromatic rings. The highest BCUT2D eigenvalue weighted by atomic mass is 14.8. The summed E-state index contributed by atoms with van der Waals surface area (Å²) in [5.41, 5.74) is 9.18. The molecule has 0 bridgehead atoms. The highest BCUT2D eigenvalue weighted by Gasteiger charge is 2.23. The molecule has 0 radical (unpaired) electrons. The van der Waals surface area contributed by atoms with Crippen LogP contribution in [0.15, 0.2) is 42.7 Å². The summed E-state index contributed by atoms with van der Waals surface area (Å²) in [4.78, 5) is 6.97. The van der Waals surface area contributed by atoms with Gasteiger partial charge in [0.15, 0.2) is 0 Å². The molecule has 108 valence electrons. The van der Waals surface area contributed by atoms with Crippen LogP contribution >= 0.6 is 0 Å². The predicted octanol–water partition coefficient (Wildman–Crippen LogP) is 4.76. The predicted molar refractivity (Wildman–Crippen MR) is 87.9 cm³/mol. The Balaban J connectivity index is 2.21. The average molecular weight is 278 g/mol. The quantitative estimate of drug-likeness (QED) is 0.692. The van der Waals surface area contributed by atoms with Crippen molar-refractivity contribution in [2.75, 3.05) is 0 Å². The Morgan fingerprint density at radius 2 is 1.19 bits per heavy atom. The van der Waals surface area contributed by atoms with E-state index in [2.05, 4.69) is 80.4 Å². The van der Waals surface area contributed by atoms with Crippen molar-refractivity contribution in [3.8, 4) is 0 Å². The summed E-state index contributed by atoms with van der Waals surface area (Å²) in [6, 6.07) is 10.7. The molecule has 0 aliphatic carbocycles. The Morgan fingerprint density at radius 3 is 1.57 bits per heavy atom. The molecule has 0 aliphatic heterocycles. The molecule has 3 rings (SSSR count). The van der Waals surface area contributed by atoms with Crippen molar-refractivity contribution in [2.45, 2.75) is 33.6 Å². The van der Waals surface area contributed by atoms with E-state index < -0.39 is 0 Å². The van der Waals surface area contributed by atoms with Gasteiger partial charge >= 0.3 is 0 Å². The van der Waals surface area contributed by atoms with E-state index in [9.17, 15) is 0 Å². The number of aromatic nitrogens is 2. The minimum absolute atomic E-state index is 0.230. The molecule has 0 saturated carbocycles. The lowest BCUT2D eigenvalue weighted by atomic mass is 9.88. The van der Waals surface area contributed by atoms with Crippen molar-refractivity contribution in [2.24, 2.45) is 0 Å².